The van der Waals surface area contributed by atoms with Crippen molar-refractivity contribution in [1.29, 1.82) is 0 Å². The fraction of sp³-hybridized carbons (Fsp3) is 0.538. The quantitative estimate of drug-likeness (QED) is 0.770. The van der Waals surface area contributed by atoms with E-state index in [2.05, 4.69) is 12.1 Å². The van der Waals surface area contributed by atoms with Gasteiger partial charge in [-0.1, -0.05) is 24.3 Å². The molecule has 0 spiro atoms. The zero-order valence-corrected chi connectivity index (χ0v) is 12.6. The van der Waals surface area contributed by atoms with Crippen molar-refractivity contribution in [1.82, 2.24) is 0 Å². The molecule has 0 aliphatic heterocycles. The Labute approximate surface area is 110 Å². The molecule has 0 aliphatic carbocycles. The molecule has 0 aromatic heterocycles. The SMILES string of the molecule is CO[Si](CCc1ccccc1C(C)N)(OC)OC. The topological polar surface area (TPSA) is 53.7 Å². The van der Waals surface area contributed by atoms with Crippen molar-refractivity contribution in [2.45, 2.75) is 25.4 Å². The fourth-order valence-electron chi connectivity index (χ4n) is 2.05. The van der Waals surface area contributed by atoms with E-state index >= 15 is 0 Å². The molecule has 1 rings (SSSR count). The Morgan fingerprint density at radius 3 is 2.17 bits per heavy atom. The summed E-state index contributed by atoms with van der Waals surface area (Å²) in [6.45, 7) is 1.99. The number of hydrogen-bond acceptors (Lipinski definition) is 4. The van der Waals surface area contributed by atoms with E-state index < -0.39 is 8.80 Å². The van der Waals surface area contributed by atoms with Crippen molar-refractivity contribution < 1.29 is 13.3 Å². The van der Waals surface area contributed by atoms with Crippen LogP contribution < -0.4 is 5.73 Å². The summed E-state index contributed by atoms with van der Waals surface area (Å²) in [7, 11) is 2.41. The second-order valence-corrected chi connectivity index (χ2v) is 7.37. The average Bonchev–Trinajstić information content (AvgIpc) is 2.41. The molecule has 0 saturated carbocycles. The van der Waals surface area contributed by atoms with Crippen LogP contribution in [-0.4, -0.2) is 30.1 Å². The van der Waals surface area contributed by atoms with Crippen LogP contribution in [0.4, 0.5) is 0 Å². The zero-order chi connectivity index (χ0) is 13.6. The minimum absolute atomic E-state index is 0.0323. The van der Waals surface area contributed by atoms with Gasteiger partial charge in [0.25, 0.3) is 0 Å². The van der Waals surface area contributed by atoms with Crippen LogP contribution in [0.3, 0.4) is 0 Å². The van der Waals surface area contributed by atoms with E-state index in [1.807, 2.05) is 19.1 Å². The van der Waals surface area contributed by atoms with E-state index in [9.17, 15) is 0 Å². The number of nitrogens with two attached hydrogens (primary N) is 1. The first-order valence-electron chi connectivity index (χ1n) is 6.07. The highest BCUT2D eigenvalue weighted by Gasteiger charge is 2.37. The van der Waals surface area contributed by atoms with Gasteiger partial charge in [-0.3, -0.25) is 0 Å². The summed E-state index contributed by atoms with van der Waals surface area (Å²) in [5.74, 6) is 0. The lowest BCUT2D eigenvalue weighted by molar-refractivity contribution is 0.123. The zero-order valence-electron chi connectivity index (χ0n) is 11.6. The summed E-state index contributed by atoms with van der Waals surface area (Å²) >= 11 is 0. The van der Waals surface area contributed by atoms with Crippen LogP contribution in [-0.2, 0) is 19.7 Å². The van der Waals surface area contributed by atoms with Crippen LogP contribution in [0.2, 0.25) is 6.04 Å². The van der Waals surface area contributed by atoms with Gasteiger partial charge in [-0.2, -0.15) is 0 Å². The van der Waals surface area contributed by atoms with Crippen LogP contribution in [0.1, 0.15) is 24.1 Å². The van der Waals surface area contributed by atoms with Crippen molar-refractivity contribution in [2.75, 3.05) is 21.3 Å². The largest absolute Gasteiger partial charge is 0.500 e. The number of benzene rings is 1. The normalized spacial score (nSPS) is 13.6. The van der Waals surface area contributed by atoms with Gasteiger partial charge in [-0.25, -0.2) is 0 Å². The first kappa shape index (κ1) is 15.3. The first-order chi connectivity index (χ1) is 8.58. The Balaban J connectivity index is 2.79. The maximum atomic E-state index is 5.97. The van der Waals surface area contributed by atoms with Gasteiger partial charge in [0.05, 0.1) is 0 Å². The molecule has 0 heterocycles. The molecule has 0 fully saturated rings. The van der Waals surface area contributed by atoms with Crippen LogP contribution in [0.5, 0.6) is 0 Å². The summed E-state index contributed by atoms with van der Waals surface area (Å²) in [5.41, 5.74) is 8.37. The Hall–Kier alpha value is -0.723. The van der Waals surface area contributed by atoms with Gasteiger partial charge >= 0.3 is 8.80 Å². The third-order valence-electron chi connectivity index (χ3n) is 3.18. The van der Waals surface area contributed by atoms with E-state index in [1.54, 1.807) is 21.3 Å². The Morgan fingerprint density at radius 2 is 1.67 bits per heavy atom. The molecule has 0 amide bonds. The van der Waals surface area contributed by atoms with E-state index in [1.165, 1.54) is 11.1 Å². The van der Waals surface area contributed by atoms with Crippen LogP contribution >= 0.6 is 0 Å². The minimum atomic E-state index is -2.50. The molecule has 1 aromatic rings. The molecule has 2 N–H and O–H groups in total. The lowest BCUT2D eigenvalue weighted by Gasteiger charge is -2.25. The molecule has 1 atom stereocenters. The first-order valence-corrected chi connectivity index (χ1v) is 8.00. The molecule has 5 heteroatoms. The lowest BCUT2D eigenvalue weighted by Crippen LogP contribution is -2.43. The highest BCUT2D eigenvalue weighted by atomic mass is 28.4. The van der Waals surface area contributed by atoms with Gasteiger partial charge in [0.2, 0.25) is 0 Å². The summed E-state index contributed by atoms with van der Waals surface area (Å²) in [6, 6.07) is 8.98. The van der Waals surface area contributed by atoms with E-state index in [0.29, 0.717) is 0 Å². The molecular weight excluding hydrogens is 246 g/mol. The average molecular weight is 269 g/mol. The third-order valence-corrected chi connectivity index (χ3v) is 5.91. The molecule has 0 saturated heterocycles. The number of rotatable bonds is 7. The summed E-state index contributed by atoms with van der Waals surface area (Å²) in [5, 5.41) is 0. The molecular formula is C13H23NO3Si. The van der Waals surface area contributed by atoms with Crippen molar-refractivity contribution in [2.24, 2.45) is 5.73 Å². The van der Waals surface area contributed by atoms with Crippen molar-refractivity contribution >= 4 is 8.80 Å². The third kappa shape index (κ3) is 3.63. The molecule has 1 unspecified atom stereocenters. The van der Waals surface area contributed by atoms with Crippen molar-refractivity contribution in [3.63, 3.8) is 0 Å². The van der Waals surface area contributed by atoms with Gasteiger partial charge in [0.1, 0.15) is 0 Å². The highest BCUT2D eigenvalue weighted by molar-refractivity contribution is 6.60. The molecule has 18 heavy (non-hydrogen) atoms. The van der Waals surface area contributed by atoms with E-state index in [4.69, 9.17) is 19.0 Å². The molecule has 102 valence electrons. The second kappa shape index (κ2) is 7.01. The Kier molecular flexibility index (Phi) is 5.97. The Morgan fingerprint density at radius 1 is 1.11 bits per heavy atom. The van der Waals surface area contributed by atoms with Crippen molar-refractivity contribution in [3.8, 4) is 0 Å². The minimum Gasteiger partial charge on any atom is -0.377 e. The van der Waals surface area contributed by atoms with Gasteiger partial charge in [-0.15, -0.1) is 0 Å². The molecule has 0 aliphatic rings. The standard InChI is InChI=1S/C13H23NO3Si/c1-11(14)13-8-6-5-7-12(13)9-10-18(15-2,16-3)17-4/h5-8,11H,9-10,14H2,1-4H3. The predicted octanol–water partition coefficient (Wildman–Crippen LogP) is 2.13. The smallest absolute Gasteiger partial charge is 0.377 e. The van der Waals surface area contributed by atoms with Gasteiger partial charge in [0, 0.05) is 33.4 Å². The van der Waals surface area contributed by atoms with Crippen LogP contribution in [0.25, 0.3) is 0 Å². The number of hydrogen-bond donors (Lipinski definition) is 1. The Bertz CT molecular complexity index is 359. The monoisotopic (exact) mass is 269 g/mol. The fourth-order valence-corrected chi connectivity index (χ4v) is 3.74. The van der Waals surface area contributed by atoms with E-state index in [-0.39, 0.29) is 6.04 Å². The summed E-state index contributed by atoms with van der Waals surface area (Å²) in [4.78, 5) is 0. The second-order valence-electron chi connectivity index (χ2n) is 4.28. The van der Waals surface area contributed by atoms with Crippen LogP contribution in [0, 0.1) is 0 Å². The highest BCUT2D eigenvalue weighted by Crippen LogP contribution is 2.21. The van der Waals surface area contributed by atoms with Gasteiger partial charge in [-0.05, 0) is 24.5 Å². The predicted molar refractivity (Wildman–Crippen MR) is 74.3 cm³/mol. The van der Waals surface area contributed by atoms with E-state index in [0.717, 1.165) is 12.5 Å². The molecule has 4 nitrogen and oxygen atoms in total. The molecule has 0 radical (unpaired) electrons. The summed E-state index contributed by atoms with van der Waals surface area (Å²) < 4.78 is 16.3. The maximum Gasteiger partial charge on any atom is 0.500 e. The van der Waals surface area contributed by atoms with Crippen molar-refractivity contribution in [3.05, 3.63) is 35.4 Å². The summed E-state index contributed by atoms with van der Waals surface area (Å²) in [6.07, 6.45) is 0.847. The van der Waals surface area contributed by atoms with Gasteiger partial charge in [0.15, 0.2) is 0 Å². The molecule has 0 bridgehead atoms. The number of aryl methyl sites for hydroxylation is 1. The van der Waals surface area contributed by atoms with Crippen LogP contribution in [0.15, 0.2) is 24.3 Å². The lowest BCUT2D eigenvalue weighted by atomic mass is 10.0. The van der Waals surface area contributed by atoms with Gasteiger partial charge < -0.3 is 19.0 Å². The molecule has 1 aromatic carbocycles. The maximum absolute atomic E-state index is 5.97.